The number of rotatable bonds is 5. The van der Waals surface area contributed by atoms with Crippen molar-refractivity contribution in [3.63, 3.8) is 0 Å². The van der Waals surface area contributed by atoms with Gasteiger partial charge in [-0.25, -0.2) is 4.79 Å². The van der Waals surface area contributed by atoms with E-state index in [9.17, 15) is 18.7 Å². The molecule has 0 fully saturated rings. The molecule has 118 valence electrons. The molecule has 0 radical (unpaired) electrons. The molecule has 0 bridgehead atoms. The summed E-state index contributed by atoms with van der Waals surface area (Å²) in [5.74, 6) is -1.22. The fourth-order valence-electron chi connectivity index (χ4n) is 2.36. The van der Waals surface area contributed by atoms with Gasteiger partial charge in [-0.05, 0) is 17.7 Å². The Bertz CT molecular complexity index is 847. The van der Waals surface area contributed by atoms with Crippen LogP contribution in [0.1, 0.15) is 16.1 Å². The number of ether oxygens (including phenoxy) is 1. The van der Waals surface area contributed by atoms with Crippen molar-refractivity contribution in [1.29, 1.82) is 0 Å². The van der Waals surface area contributed by atoms with E-state index >= 15 is 0 Å². The Morgan fingerprint density at radius 1 is 1.22 bits per heavy atom. The number of benzene rings is 2. The van der Waals surface area contributed by atoms with E-state index in [1.807, 2.05) is 30.3 Å². The first-order valence-corrected chi connectivity index (χ1v) is 6.77. The molecular formula is C16H12F2N2O3. The maximum absolute atomic E-state index is 12.4. The normalized spacial score (nSPS) is 11.1. The number of halogens is 2. The summed E-state index contributed by atoms with van der Waals surface area (Å²) in [7, 11) is 0. The fourth-order valence-corrected chi connectivity index (χ4v) is 2.36. The Balaban J connectivity index is 2.09. The van der Waals surface area contributed by atoms with Gasteiger partial charge >= 0.3 is 12.6 Å². The van der Waals surface area contributed by atoms with Gasteiger partial charge in [-0.3, -0.25) is 4.68 Å². The molecule has 0 amide bonds. The van der Waals surface area contributed by atoms with Gasteiger partial charge in [0.2, 0.25) is 0 Å². The smallest absolute Gasteiger partial charge is 0.387 e. The molecule has 0 aliphatic rings. The molecular weight excluding hydrogens is 306 g/mol. The van der Waals surface area contributed by atoms with E-state index in [-0.39, 0.29) is 11.4 Å². The number of hydrogen-bond donors (Lipinski definition) is 1. The van der Waals surface area contributed by atoms with Gasteiger partial charge < -0.3 is 9.84 Å². The van der Waals surface area contributed by atoms with Gasteiger partial charge in [0.15, 0.2) is 5.69 Å². The Labute approximate surface area is 129 Å². The van der Waals surface area contributed by atoms with Crippen molar-refractivity contribution in [3.05, 3.63) is 59.8 Å². The van der Waals surface area contributed by atoms with Crippen LogP contribution < -0.4 is 4.74 Å². The number of aromatic nitrogens is 2. The number of fused-ring (bicyclic) bond motifs is 1. The molecule has 3 aromatic rings. The first-order chi connectivity index (χ1) is 11.0. The fraction of sp³-hybridized carbons (Fsp3) is 0.125. The Hall–Kier alpha value is -2.96. The lowest BCUT2D eigenvalue weighted by atomic mass is 10.2. The monoisotopic (exact) mass is 318 g/mol. The molecule has 1 heterocycles. The first-order valence-electron chi connectivity index (χ1n) is 6.77. The third-order valence-corrected chi connectivity index (χ3v) is 3.33. The molecule has 0 saturated carbocycles. The maximum atomic E-state index is 12.4. The van der Waals surface area contributed by atoms with E-state index in [1.165, 1.54) is 22.9 Å². The Kier molecular flexibility index (Phi) is 3.92. The van der Waals surface area contributed by atoms with E-state index in [4.69, 9.17) is 0 Å². The molecule has 0 spiro atoms. The molecule has 0 unspecified atom stereocenters. The summed E-state index contributed by atoms with van der Waals surface area (Å²) < 4.78 is 30.6. The molecule has 1 N–H and O–H groups in total. The predicted octanol–water partition coefficient (Wildman–Crippen LogP) is 3.38. The molecule has 0 aliphatic heterocycles. The van der Waals surface area contributed by atoms with Gasteiger partial charge in [-0.2, -0.15) is 13.9 Å². The molecule has 0 atom stereocenters. The lowest BCUT2D eigenvalue weighted by molar-refractivity contribution is -0.0497. The number of carboxylic acid groups (broad SMARTS) is 1. The number of carbonyl (C=O) groups is 1. The van der Waals surface area contributed by atoms with Gasteiger partial charge in [0, 0.05) is 11.5 Å². The highest BCUT2D eigenvalue weighted by Gasteiger charge is 2.18. The van der Waals surface area contributed by atoms with Crippen molar-refractivity contribution < 1.29 is 23.4 Å². The maximum Gasteiger partial charge on any atom is 0.387 e. The summed E-state index contributed by atoms with van der Waals surface area (Å²) in [6, 6.07) is 13.4. The molecule has 3 rings (SSSR count). The summed E-state index contributed by atoms with van der Waals surface area (Å²) in [6.07, 6.45) is 0. The SMILES string of the molecule is O=C(O)c1nn(Cc2ccccc2)c2cc(OC(F)F)ccc12. The first kappa shape index (κ1) is 15.0. The van der Waals surface area contributed by atoms with Crippen LogP contribution in [0.5, 0.6) is 5.75 Å². The van der Waals surface area contributed by atoms with Crippen LogP contribution in [0.15, 0.2) is 48.5 Å². The van der Waals surface area contributed by atoms with Crippen LogP contribution in [0.2, 0.25) is 0 Å². The van der Waals surface area contributed by atoms with Crippen molar-refractivity contribution in [2.75, 3.05) is 0 Å². The second-order valence-electron chi connectivity index (χ2n) is 4.85. The van der Waals surface area contributed by atoms with Crippen LogP contribution in [0.25, 0.3) is 10.9 Å². The zero-order valence-electron chi connectivity index (χ0n) is 11.8. The van der Waals surface area contributed by atoms with Crippen molar-refractivity contribution in [1.82, 2.24) is 9.78 Å². The molecule has 1 aromatic heterocycles. The standard InChI is InChI=1S/C16H12F2N2O3/c17-16(18)23-11-6-7-12-13(8-11)20(19-14(12)15(21)22)9-10-4-2-1-3-5-10/h1-8,16H,9H2,(H,21,22). The highest BCUT2D eigenvalue weighted by atomic mass is 19.3. The van der Waals surface area contributed by atoms with Crippen LogP contribution in [0.3, 0.4) is 0 Å². The Morgan fingerprint density at radius 2 is 1.96 bits per heavy atom. The summed E-state index contributed by atoms with van der Waals surface area (Å²) in [6.45, 7) is -2.63. The third kappa shape index (κ3) is 3.13. The van der Waals surface area contributed by atoms with Gasteiger partial charge in [0.05, 0.1) is 12.1 Å². The minimum atomic E-state index is -2.95. The van der Waals surface area contributed by atoms with Crippen LogP contribution in [0, 0.1) is 0 Å². The number of aromatic carboxylic acids is 1. The highest BCUT2D eigenvalue weighted by molar-refractivity contribution is 6.01. The van der Waals surface area contributed by atoms with Crippen molar-refractivity contribution >= 4 is 16.9 Å². The molecule has 0 aliphatic carbocycles. The molecule has 5 nitrogen and oxygen atoms in total. The lowest BCUT2D eigenvalue weighted by Crippen LogP contribution is -2.04. The van der Waals surface area contributed by atoms with Gasteiger partial charge in [-0.15, -0.1) is 0 Å². The van der Waals surface area contributed by atoms with Crippen molar-refractivity contribution in [2.24, 2.45) is 0 Å². The van der Waals surface area contributed by atoms with Crippen LogP contribution in [-0.4, -0.2) is 27.5 Å². The summed E-state index contributed by atoms with van der Waals surface area (Å²) in [4.78, 5) is 11.3. The minimum absolute atomic E-state index is 0.0429. The average Bonchev–Trinajstić information content (AvgIpc) is 2.86. The Morgan fingerprint density at radius 3 is 2.61 bits per heavy atom. The van der Waals surface area contributed by atoms with Crippen molar-refractivity contribution in [2.45, 2.75) is 13.2 Å². The average molecular weight is 318 g/mol. The second-order valence-corrected chi connectivity index (χ2v) is 4.85. The third-order valence-electron chi connectivity index (χ3n) is 3.33. The summed E-state index contributed by atoms with van der Waals surface area (Å²) in [5, 5.41) is 13.7. The molecule has 7 heteroatoms. The zero-order valence-corrected chi connectivity index (χ0v) is 11.8. The lowest BCUT2D eigenvalue weighted by Gasteiger charge is -2.06. The predicted molar refractivity (Wildman–Crippen MR) is 78.9 cm³/mol. The van der Waals surface area contributed by atoms with Gasteiger partial charge in [-0.1, -0.05) is 30.3 Å². The van der Waals surface area contributed by atoms with Crippen LogP contribution in [-0.2, 0) is 6.54 Å². The largest absolute Gasteiger partial charge is 0.476 e. The van der Waals surface area contributed by atoms with Crippen molar-refractivity contribution in [3.8, 4) is 5.75 Å². The minimum Gasteiger partial charge on any atom is -0.476 e. The quantitative estimate of drug-likeness (QED) is 0.783. The molecule has 23 heavy (non-hydrogen) atoms. The molecule has 2 aromatic carbocycles. The second kappa shape index (κ2) is 6.04. The number of hydrogen-bond acceptors (Lipinski definition) is 3. The van der Waals surface area contributed by atoms with Gasteiger partial charge in [0.1, 0.15) is 5.75 Å². The van der Waals surface area contributed by atoms with E-state index in [0.29, 0.717) is 17.4 Å². The molecule has 0 saturated heterocycles. The summed E-state index contributed by atoms with van der Waals surface area (Å²) in [5.41, 5.74) is 1.21. The summed E-state index contributed by atoms with van der Waals surface area (Å²) >= 11 is 0. The topological polar surface area (TPSA) is 64.3 Å². The zero-order chi connectivity index (χ0) is 16.4. The van der Waals surface area contributed by atoms with E-state index in [2.05, 4.69) is 9.84 Å². The van der Waals surface area contributed by atoms with Crippen LogP contribution in [0.4, 0.5) is 8.78 Å². The number of alkyl halides is 2. The van der Waals surface area contributed by atoms with E-state index in [1.54, 1.807) is 0 Å². The number of nitrogens with zero attached hydrogens (tertiary/aromatic N) is 2. The van der Waals surface area contributed by atoms with Gasteiger partial charge in [0.25, 0.3) is 0 Å². The van der Waals surface area contributed by atoms with Crippen LogP contribution >= 0.6 is 0 Å². The highest BCUT2D eigenvalue weighted by Crippen LogP contribution is 2.25. The van der Waals surface area contributed by atoms with E-state index < -0.39 is 12.6 Å². The van der Waals surface area contributed by atoms with E-state index in [0.717, 1.165) is 5.56 Å². The number of carboxylic acids is 1.